The third-order valence-corrected chi connectivity index (χ3v) is 7.94. The summed E-state index contributed by atoms with van der Waals surface area (Å²) in [4.78, 5) is 15.5. The molecule has 0 amide bonds. The number of aromatic nitrogens is 1. The van der Waals surface area contributed by atoms with Gasteiger partial charge in [-0.3, -0.25) is 0 Å². The maximum atomic E-state index is 10.9. The Hall–Kier alpha value is -0.990. The predicted octanol–water partition coefficient (Wildman–Crippen LogP) is 2.83. The Labute approximate surface area is 236 Å². The number of nitrogens with zero attached hydrogens (tertiary/aromatic N) is 1. The van der Waals surface area contributed by atoms with Gasteiger partial charge in [-0.1, -0.05) is 48.0 Å². The second kappa shape index (κ2) is 13.9. The van der Waals surface area contributed by atoms with Crippen molar-refractivity contribution in [3.63, 3.8) is 0 Å². The zero-order valence-electron chi connectivity index (χ0n) is 19.7. The third-order valence-electron chi connectivity index (χ3n) is 4.86. The van der Waals surface area contributed by atoms with E-state index in [2.05, 4.69) is 17.1 Å². The van der Waals surface area contributed by atoms with Gasteiger partial charge in [0.25, 0.3) is 0 Å². The van der Waals surface area contributed by atoms with E-state index >= 15 is 0 Å². The number of benzene rings is 2. The predicted molar refractivity (Wildman–Crippen MR) is 140 cm³/mol. The first-order valence-electron chi connectivity index (χ1n) is 10.7. The summed E-state index contributed by atoms with van der Waals surface area (Å²) in [5.74, 6) is 0.214. The van der Waals surface area contributed by atoms with Crippen molar-refractivity contribution in [1.82, 2.24) is 4.98 Å². The average Bonchev–Trinajstić information content (AvgIpc) is 2.75. The smallest absolute Gasteiger partial charge is 0.550 e. The third kappa shape index (κ3) is 9.94. The molecule has 2 aromatic carbocycles. The molecule has 3 rings (SSSR count). The molecule has 0 bridgehead atoms. The molecule has 0 aliphatic carbocycles. The van der Waals surface area contributed by atoms with Crippen molar-refractivity contribution in [3.05, 3.63) is 76.4 Å². The van der Waals surface area contributed by atoms with Crippen LogP contribution in [-0.2, 0) is 4.79 Å². The normalized spacial score (nSPS) is 12.6. The van der Waals surface area contributed by atoms with E-state index in [1.165, 1.54) is 0 Å². The number of carboxylic acids is 1. The van der Waals surface area contributed by atoms with Crippen LogP contribution in [0.1, 0.15) is 48.1 Å². The minimum absolute atomic E-state index is 0. The Balaban J connectivity index is 0.00000408. The number of pyridine rings is 1. The molecule has 4 nitrogen and oxygen atoms in total. The Bertz CT molecular complexity index is 1130. The maximum Gasteiger partial charge on any atom is 1.00 e. The van der Waals surface area contributed by atoms with Crippen LogP contribution in [0.25, 0.3) is 23.1 Å². The molecule has 8 heteroatoms. The Morgan fingerprint density at radius 3 is 2.59 bits per heavy atom. The molecule has 1 aromatic heterocycles. The van der Waals surface area contributed by atoms with Crippen LogP contribution in [0, 0.1) is 0 Å². The number of carbonyl (C=O) groups is 1. The Morgan fingerprint density at radius 2 is 1.85 bits per heavy atom. The molecule has 1 N–H and O–H groups in total. The maximum absolute atomic E-state index is 10.9. The number of carboxylic acid groups (broad SMARTS) is 1. The van der Waals surface area contributed by atoms with Crippen LogP contribution in [-0.4, -0.2) is 33.2 Å². The summed E-state index contributed by atoms with van der Waals surface area (Å²) in [5, 5.41) is 22.6. The van der Waals surface area contributed by atoms with Crippen LogP contribution in [0.4, 0.5) is 0 Å². The topological polar surface area (TPSA) is 73.2 Å². The van der Waals surface area contributed by atoms with E-state index < -0.39 is 11.6 Å². The summed E-state index contributed by atoms with van der Waals surface area (Å²) >= 11 is 9.40. The quantitative estimate of drug-likeness (QED) is 0.308. The first-order valence-corrected chi connectivity index (χ1v) is 13.2. The molecule has 174 valence electrons. The van der Waals surface area contributed by atoms with Crippen LogP contribution in [0.3, 0.4) is 0 Å². The second-order valence-corrected chi connectivity index (χ2v) is 11.5. The van der Waals surface area contributed by atoms with Gasteiger partial charge in [0.05, 0.1) is 21.4 Å². The summed E-state index contributed by atoms with van der Waals surface area (Å²) in [6, 6.07) is 17.9. The molecule has 1 atom stereocenters. The number of hydrogen-bond donors (Lipinski definition) is 1. The molecule has 1 heterocycles. The van der Waals surface area contributed by atoms with E-state index in [0.29, 0.717) is 17.2 Å². The van der Waals surface area contributed by atoms with Crippen LogP contribution in [0.5, 0.6) is 0 Å². The van der Waals surface area contributed by atoms with Crippen molar-refractivity contribution in [2.24, 2.45) is 0 Å². The van der Waals surface area contributed by atoms with Gasteiger partial charge in [0.15, 0.2) is 0 Å². The molecule has 0 saturated heterocycles. The summed E-state index contributed by atoms with van der Waals surface area (Å²) < 4.78 is 0.0704. The van der Waals surface area contributed by atoms with E-state index in [1.807, 2.05) is 54.6 Å². The standard InChI is InChI=1S/C26H28ClNO3S2.Na/c1-26(2,31)13-15-33-25(32-14-12-24(29)30)20-5-3-4-18(16-20)6-10-22-11-8-19-7-9-21(27)17-23(19)28-22;/h3-11,16-17,25,31H,12-15H2,1-2H3,(H,29,30);/q;+1/p-1. The SMILES string of the molecule is CC(C)(O)CCSC(SCCC(=O)[O-])c1cccc(C=Cc2ccc3ccc(Cl)cc3n2)c1.[Na+]. The zero-order chi connectivity index (χ0) is 23.8. The van der Waals surface area contributed by atoms with Gasteiger partial charge >= 0.3 is 29.6 Å². The Morgan fingerprint density at radius 1 is 1.12 bits per heavy atom. The molecule has 0 radical (unpaired) electrons. The van der Waals surface area contributed by atoms with Gasteiger partial charge < -0.3 is 15.0 Å². The number of fused-ring (bicyclic) bond motifs is 1. The van der Waals surface area contributed by atoms with Crippen molar-refractivity contribution in [2.45, 2.75) is 36.9 Å². The zero-order valence-corrected chi connectivity index (χ0v) is 24.1. The van der Waals surface area contributed by atoms with Gasteiger partial charge in [-0.25, -0.2) is 4.98 Å². The monoisotopic (exact) mass is 523 g/mol. The van der Waals surface area contributed by atoms with Crippen LogP contribution >= 0.6 is 35.1 Å². The van der Waals surface area contributed by atoms with Gasteiger partial charge in [-0.15, -0.1) is 23.5 Å². The molecule has 0 spiro atoms. The summed E-state index contributed by atoms with van der Waals surface area (Å²) in [7, 11) is 0. The fraction of sp³-hybridized carbons (Fsp3) is 0.308. The number of aliphatic carboxylic acids is 1. The number of aliphatic hydroxyl groups is 1. The van der Waals surface area contributed by atoms with E-state index in [4.69, 9.17) is 11.6 Å². The second-order valence-electron chi connectivity index (χ2n) is 8.33. The molecule has 1 unspecified atom stereocenters. The summed E-state index contributed by atoms with van der Waals surface area (Å²) in [6.07, 6.45) is 4.67. The van der Waals surface area contributed by atoms with Gasteiger partial charge in [0.1, 0.15) is 0 Å². The minimum atomic E-state index is -1.04. The van der Waals surface area contributed by atoms with Crippen molar-refractivity contribution < 1.29 is 44.6 Å². The first kappa shape index (κ1) is 29.2. The van der Waals surface area contributed by atoms with Crippen molar-refractivity contribution >= 4 is 64.1 Å². The first-order chi connectivity index (χ1) is 15.7. The fourth-order valence-electron chi connectivity index (χ4n) is 3.10. The summed E-state index contributed by atoms with van der Waals surface area (Å²) in [5.41, 5.74) is 3.11. The van der Waals surface area contributed by atoms with Gasteiger partial charge in [-0.2, -0.15) is 0 Å². The van der Waals surface area contributed by atoms with Crippen LogP contribution in [0.2, 0.25) is 5.02 Å². The minimum Gasteiger partial charge on any atom is -0.550 e. The average molecular weight is 524 g/mol. The number of rotatable bonds is 11. The molecule has 0 aliphatic rings. The van der Waals surface area contributed by atoms with E-state index in [0.717, 1.165) is 33.5 Å². The number of thioether (sulfide) groups is 2. The molecular formula is C26H27ClNNaO3S2. The molecule has 0 saturated carbocycles. The van der Waals surface area contributed by atoms with Crippen molar-refractivity contribution in [1.29, 1.82) is 0 Å². The number of hydrogen-bond acceptors (Lipinski definition) is 6. The van der Waals surface area contributed by atoms with Crippen molar-refractivity contribution in [3.8, 4) is 0 Å². The molecule has 3 aromatic rings. The molecule has 34 heavy (non-hydrogen) atoms. The van der Waals surface area contributed by atoms with E-state index in [-0.39, 0.29) is 40.6 Å². The molecule has 0 fully saturated rings. The molecule has 0 aliphatic heterocycles. The van der Waals surface area contributed by atoms with Gasteiger partial charge in [0.2, 0.25) is 0 Å². The number of halogens is 1. The Kier molecular flexibility index (Phi) is 12.0. The van der Waals surface area contributed by atoms with Gasteiger partial charge in [-0.05, 0) is 79.7 Å². The van der Waals surface area contributed by atoms with Gasteiger partial charge in [0, 0.05) is 16.4 Å². The van der Waals surface area contributed by atoms with E-state index in [9.17, 15) is 15.0 Å². The van der Waals surface area contributed by atoms with E-state index in [1.54, 1.807) is 37.4 Å². The van der Waals surface area contributed by atoms with Crippen molar-refractivity contribution in [2.75, 3.05) is 11.5 Å². The largest absolute Gasteiger partial charge is 1.00 e. The fourth-order valence-corrected chi connectivity index (χ4v) is 6.23. The van der Waals surface area contributed by atoms with Crippen LogP contribution in [0.15, 0.2) is 54.6 Å². The summed E-state index contributed by atoms with van der Waals surface area (Å²) in [6.45, 7) is 3.60. The molecular weight excluding hydrogens is 497 g/mol. The number of carbonyl (C=O) groups excluding carboxylic acids is 1. The van der Waals surface area contributed by atoms with Crippen LogP contribution < -0.4 is 34.7 Å².